The molecule has 5 heteroatoms. The van der Waals surface area contributed by atoms with E-state index >= 15 is 0 Å². The quantitative estimate of drug-likeness (QED) is 0.537. The summed E-state index contributed by atoms with van der Waals surface area (Å²) in [6, 6.07) is 5.44. The van der Waals surface area contributed by atoms with Gasteiger partial charge in [-0.2, -0.15) is 11.8 Å². The molecule has 1 heterocycles. The van der Waals surface area contributed by atoms with E-state index in [0.717, 1.165) is 32.5 Å². The van der Waals surface area contributed by atoms with E-state index in [1.54, 1.807) is 20.3 Å². The normalized spacial score (nSPS) is 18.7. The van der Waals surface area contributed by atoms with Gasteiger partial charge in [0.2, 0.25) is 0 Å². The van der Waals surface area contributed by atoms with Crippen molar-refractivity contribution in [2.45, 2.75) is 19.3 Å². The molecule has 0 aromatic heterocycles. The van der Waals surface area contributed by atoms with Crippen molar-refractivity contribution < 1.29 is 14.3 Å². The third-order valence-electron chi connectivity index (χ3n) is 4.37. The standard InChI is InChI=1S/C18H27NO3S/c1-21-15-7-8-16(17(12-15)22-2)18(20)14-6-4-9-19(13-14)10-5-11-23-3/h7-8,12,14H,4-6,9-11,13H2,1-3H3/t14-/m0/s1. The average molecular weight is 337 g/mol. The third-order valence-corrected chi connectivity index (χ3v) is 5.07. The van der Waals surface area contributed by atoms with Crippen molar-refractivity contribution in [1.29, 1.82) is 0 Å². The van der Waals surface area contributed by atoms with E-state index in [1.165, 1.54) is 12.2 Å². The zero-order valence-corrected chi connectivity index (χ0v) is 15.2. The Bertz CT molecular complexity index is 521. The van der Waals surface area contributed by atoms with Crippen LogP contribution in [0.1, 0.15) is 29.6 Å². The van der Waals surface area contributed by atoms with Crippen LogP contribution in [0, 0.1) is 5.92 Å². The first kappa shape index (κ1) is 18.1. The summed E-state index contributed by atoms with van der Waals surface area (Å²) in [5.41, 5.74) is 0.671. The highest BCUT2D eigenvalue weighted by molar-refractivity contribution is 7.98. The molecule has 0 unspecified atom stereocenters. The molecular formula is C18H27NO3S. The van der Waals surface area contributed by atoms with Crippen molar-refractivity contribution in [1.82, 2.24) is 4.90 Å². The van der Waals surface area contributed by atoms with Gasteiger partial charge in [-0.3, -0.25) is 4.79 Å². The molecule has 1 aromatic rings. The van der Waals surface area contributed by atoms with Crippen molar-refractivity contribution in [2.75, 3.05) is 45.9 Å². The highest BCUT2D eigenvalue weighted by atomic mass is 32.2. The van der Waals surface area contributed by atoms with Gasteiger partial charge in [0.1, 0.15) is 11.5 Å². The molecule has 1 fully saturated rings. The minimum atomic E-state index is 0.0697. The van der Waals surface area contributed by atoms with Crippen molar-refractivity contribution in [3.63, 3.8) is 0 Å². The fourth-order valence-corrected chi connectivity index (χ4v) is 3.54. The van der Waals surface area contributed by atoms with Crippen LogP contribution in [0.25, 0.3) is 0 Å². The molecule has 0 radical (unpaired) electrons. The van der Waals surface area contributed by atoms with Gasteiger partial charge >= 0.3 is 0 Å². The summed E-state index contributed by atoms with van der Waals surface area (Å²) in [5, 5.41) is 0. The van der Waals surface area contributed by atoms with Crippen LogP contribution < -0.4 is 9.47 Å². The fraction of sp³-hybridized carbons (Fsp3) is 0.611. The van der Waals surface area contributed by atoms with Crippen LogP contribution in [0.5, 0.6) is 11.5 Å². The lowest BCUT2D eigenvalue weighted by Crippen LogP contribution is -2.39. The number of methoxy groups -OCH3 is 2. The molecule has 23 heavy (non-hydrogen) atoms. The summed E-state index contributed by atoms with van der Waals surface area (Å²) in [6.07, 6.45) is 5.38. The van der Waals surface area contributed by atoms with Crippen molar-refractivity contribution in [3.05, 3.63) is 23.8 Å². The SMILES string of the molecule is COc1ccc(C(=O)[C@H]2CCCN(CCCSC)C2)c(OC)c1. The number of ether oxygens (including phenoxy) is 2. The average Bonchev–Trinajstić information content (AvgIpc) is 2.61. The fourth-order valence-electron chi connectivity index (χ4n) is 3.13. The van der Waals surface area contributed by atoms with E-state index in [-0.39, 0.29) is 11.7 Å². The number of ketones is 1. The van der Waals surface area contributed by atoms with Crippen molar-refractivity contribution >= 4 is 17.5 Å². The van der Waals surface area contributed by atoms with Gasteiger partial charge in [0.15, 0.2) is 5.78 Å². The van der Waals surface area contributed by atoms with Gasteiger partial charge in [-0.15, -0.1) is 0 Å². The molecule has 4 nitrogen and oxygen atoms in total. The number of likely N-dealkylation sites (tertiary alicyclic amines) is 1. The number of Topliss-reactive ketones (excluding diaryl/α,β-unsaturated/α-hetero) is 1. The van der Waals surface area contributed by atoms with E-state index < -0.39 is 0 Å². The first-order valence-electron chi connectivity index (χ1n) is 8.17. The second-order valence-electron chi connectivity index (χ2n) is 5.92. The first-order chi connectivity index (χ1) is 11.2. The van der Waals surface area contributed by atoms with Gasteiger partial charge in [0, 0.05) is 18.5 Å². The first-order valence-corrected chi connectivity index (χ1v) is 9.56. The number of benzene rings is 1. The number of hydrogen-bond acceptors (Lipinski definition) is 5. The monoisotopic (exact) mass is 337 g/mol. The van der Waals surface area contributed by atoms with Gasteiger partial charge in [0.25, 0.3) is 0 Å². The Balaban J connectivity index is 2.04. The zero-order valence-electron chi connectivity index (χ0n) is 14.3. The summed E-state index contributed by atoms with van der Waals surface area (Å²) in [4.78, 5) is 15.3. The van der Waals surface area contributed by atoms with E-state index in [4.69, 9.17) is 9.47 Å². The number of hydrogen-bond donors (Lipinski definition) is 0. The van der Waals surface area contributed by atoms with E-state index in [1.807, 2.05) is 23.9 Å². The number of carbonyl (C=O) groups is 1. The molecule has 0 spiro atoms. The molecule has 1 aliphatic heterocycles. The largest absolute Gasteiger partial charge is 0.497 e. The van der Waals surface area contributed by atoms with Gasteiger partial charge in [-0.1, -0.05) is 0 Å². The summed E-state index contributed by atoms with van der Waals surface area (Å²) in [5.74, 6) is 2.76. The molecule has 0 saturated carbocycles. The van der Waals surface area contributed by atoms with E-state index in [0.29, 0.717) is 17.1 Å². The lowest BCUT2D eigenvalue weighted by molar-refractivity contribution is 0.0817. The predicted molar refractivity (Wildman–Crippen MR) is 96.0 cm³/mol. The van der Waals surface area contributed by atoms with Gasteiger partial charge in [-0.05, 0) is 56.5 Å². The van der Waals surface area contributed by atoms with Crippen LogP contribution in [-0.2, 0) is 0 Å². The zero-order chi connectivity index (χ0) is 16.7. The maximum absolute atomic E-state index is 12.9. The molecule has 2 rings (SSSR count). The lowest BCUT2D eigenvalue weighted by Gasteiger charge is -2.32. The predicted octanol–water partition coefficient (Wildman–Crippen LogP) is 3.35. The number of rotatable bonds is 8. The van der Waals surface area contributed by atoms with E-state index in [9.17, 15) is 4.79 Å². The third kappa shape index (κ3) is 4.88. The Hall–Kier alpha value is -1.20. The Kier molecular flexibility index (Phi) is 7.24. The van der Waals surface area contributed by atoms with Gasteiger partial charge in [0.05, 0.1) is 19.8 Å². The maximum atomic E-state index is 12.9. The number of carbonyl (C=O) groups excluding carboxylic acids is 1. The summed E-state index contributed by atoms with van der Waals surface area (Å²) in [6.45, 7) is 3.06. The highest BCUT2D eigenvalue weighted by Gasteiger charge is 2.28. The summed E-state index contributed by atoms with van der Waals surface area (Å²) >= 11 is 1.88. The lowest BCUT2D eigenvalue weighted by atomic mass is 9.89. The molecule has 0 amide bonds. The smallest absolute Gasteiger partial charge is 0.170 e. The van der Waals surface area contributed by atoms with Crippen LogP contribution in [0.4, 0.5) is 0 Å². The molecular weight excluding hydrogens is 310 g/mol. The van der Waals surface area contributed by atoms with Gasteiger partial charge < -0.3 is 14.4 Å². The van der Waals surface area contributed by atoms with Crippen LogP contribution in [0.2, 0.25) is 0 Å². The second kappa shape index (κ2) is 9.18. The topological polar surface area (TPSA) is 38.8 Å². The number of piperidine rings is 1. The van der Waals surface area contributed by atoms with Crippen LogP contribution in [0.15, 0.2) is 18.2 Å². The Morgan fingerprint density at radius 2 is 2.17 bits per heavy atom. The summed E-state index contributed by atoms with van der Waals surface area (Å²) in [7, 11) is 3.21. The highest BCUT2D eigenvalue weighted by Crippen LogP contribution is 2.29. The molecule has 0 N–H and O–H groups in total. The summed E-state index contributed by atoms with van der Waals surface area (Å²) < 4.78 is 10.6. The second-order valence-corrected chi connectivity index (χ2v) is 6.90. The van der Waals surface area contributed by atoms with Gasteiger partial charge in [-0.25, -0.2) is 0 Å². The van der Waals surface area contributed by atoms with E-state index in [2.05, 4.69) is 11.2 Å². The van der Waals surface area contributed by atoms with Crippen LogP contribution in [-0.4, -0.2) is 56.5 Å². The molecule has 0 aliphatic carbocycles. The Morgan fingerprint density at radius 1 is 1.35 bits per heavy atom. The molecule has 1 saturated heterocycles. The van der Waals surface area contributed by atoms with Crippen molar-refractivity contribution in [3.8, 4) is 11.5 Å². The maximum Gasteiger partial charge on any atom is 0.170 e. The number of nitrogens with zero attached hydrogens (tertiary/aromatic N) is 1. The molecule has 1 aromatic carbocycles. The van der Waals surface area contributed by atoms with Crippen LogP contribution in [0.3, 0.4) is 0 Å². The van der Waals surface area contributed by atoms with Crippen LogP contribution >= 0.6 is 11.8 Å². The minimum absolute atomic E-state index is 0.0697. The molecule has 0 bridgehead atoms. The molecule has 1 atom stereocenters. The Morgan fingerprint density at radius 3 is 2.87 bits per heavy atom. The minimum Gasteiger partial charge on any atom is -0.497 e. The molecule has 128 valence electrons. The Labute approximate surface area is 143 Å². The molecule has 1 aliphatic rings. The number of thioether (sulfide) groups is 1. The van der Waals surface area contributed by atoms with Crippen molar-refractivity contribution in [2.24, 2.45) is 5.92 Å².